The number of esters is 1. The monoisotopic (exact) mass is 373 g/mol. The second-order valence-corrected chi connectivity index (χ2v) is 6.00. The van der Waals surface area contributed by atoms with Gasteiger partial charge in [0.05, 0.1) is 12.1 Å². The van der Waals surface area contributed by atoms with Gasteiger partial charge in [0, 0.05) is 12.6 Å². The first kappa shape index (κ1) is 18.4. The van der Waals surface area contributed by atoms with E-state index < -0.39 is 18.0 Å². The van der Waals surface area contributed by atoms with Crippen molar-refractivity contribution in [2.45, 2.75) is 26.4 Å². The van der Waals surface area contributed by atoms with Gasteiger partial charge in [-0.2, -0.15) is 0 Å². The van der Waals surface area contributed by atoms with Crippen LogP contribution in [0, 0.1) is 6.92 Å². The van der Waals surface area contributed by atoms with Crippen molar-refractivity contribution in [2.75, 3.05) is 23.4 Å². The molecule has 1 atom stereocenters. The van der Waals surface area contributed by atoms with Gasteiger partial charge in [0.15, 0.2) is 18.5 Å². The maximum absolute atomic E-state index is 12.1. The lowest BCUT2D eigenvalue weighted by Crippen LogP contribution is -2.40. The lowest BCUT2D eigenvalue weighted by molar-refractivity contribution is -0.153. The third kappa shape index (κ3) is 4.43. The van der Waals surface area contributed by atoms with E-state index in [0.717, 1.165) is 0 Å². The summed E-state index contributed by atoms with van der Waals surface area (Å²) in [4.78, 5) is 37.6. The van der Waals surface area contributed by atoms with Crippen LogP contribution in [0.25, 0.3) is 0 Å². The number of nitrogens with zero attached hydrogens (tertiary/aromatic N) is 2. The van der Waals surface area contributed by atoms with E-state index in [1.165, 1.54) is 11.8 Å². The molecule has 1 aliphatic rings. The standard InChI is InChI=1S/C18H19N3O6/c1-11-9-15(20-27-11)19-18(24)12(2)26-17(23)7-8-21-13-5-3-4-6-14(13)25-10-16(21)22/h3-6,9,12H,7-8,10H2,1-2H3,(H,19,20,24)/t12-/m1/s1. The van der Waals surface area contributed by atoms with Gasteiger partial charge in [-0.15, -0.1) is 0 Å². The molecule has 0 unspecified atom stereocenters. The number of aromatic nitrogens is 1. The molecule has 0 saturated heterocycles. The predicted molar refractivity (Wildman–Crippen MR) is 94.3 cm³/mol. The van der Waals surface area contributed by atoms with Crippen molar-refractivity contribution in [3.63, 3.8) is 0 Å². The average Bonchev–Trinajstić information content (AvgIpc) is 3.05. The molecule has 9 heteroatoms. The van der Waals surface area contributed by atoms with Gasteiger partial charge in [-0.05, 0) is 26.0 Å². The first-order valence-electron chi connectivity index (χ1n) is 8.40. The van der Waals surface area contributed by atoms with Crippen LogP contribution in [0.5, 0.6) is 5.75 Å². The van der Waals surface area contributed by atoms with Crippen LogP contribution >= 0.6 is 0 Å². The number of benzene rings is 1. The van der Waals surface area contributed by atoms with E-state index in [-0.39, 0.29) is 31.3 Å². The molecule has 3 rings (SSSR count). The first-order valence-corrected chi connectivity index (χ1v) is 8.40. The minimum absolute atomic E-state index is 0.0548. The highest BCUT2D eigenvalue weighted by molar-refractivity contribution is 5.98. The molecule has 0 radical (unpaired) electrons. The summed E-state index contributed by atoms with van der Waals surface area (Å²) in [5, 5.41) is 6.13. The minimum atomic E-state index is -1.01. The molecular weight excluding hydrogens is 354 g/mol. The fourth-order valence-corrected chi connectivity index (χ4v) is 2.56. The average molecular weight is 373 g/mol. The molecule has 0 spiro atoms. The van der Waals surface area contributed by atoms with Crippen LogP contribution in [-0.4, -0.2) is 42.2 Å². The molecule has 2 heterocycles. The Balaban J connectivity index is 1.52. The van der Waals surface area contributed by atoms with E-state index in [1.807, 2.05) is 0 Å². The number of carbonyl (C=O) groups is 3. The number of para-hydroxylation sites is 2. The second-order valence-electron chi connectivity index (χ2n) is 6.00. The maximum Gasteiger partial charge on any atom is 0.308 e. The number of carbonyl (C=O) groups excluding carboxylic acids is 3. The van der Waals surface area contributed by atoms with Crippen molar-refractivity contribution in [1.29, 1.82) is 0 Å². The normalized spacial score (nSPS) is 14.1. The summed E-state index contributed by atoms with van der Waals surface area (Å²) in [7, 11) is 0. The third-order valence-electron chi connectivity index (χ3n) is 3.90. The lowest BCUT2D eigenvalue weighted by Gasteiger charge is -2.29. The number of amides is 2. The summed E-state index contributed by atoms with van der Waals surface area (Å²) >= 11 is 0. The number of aryl methyl sites for hydroxylation is 1. The van der Waals surface area contributed by atoms with Crippen molar-refractivity contribution >= 4 is 29.3 Å². The van der Waals surface area contributed by atoms with Gasteiger partial charge in [-0.1, -0.05) is 17.3 Å². The summed E-state index contributed by atoms with van der Waals surface area (Å²) in [6.45, 7) is 3.20. The molecule has 0 saturated carbocycles. The molecule has 0 fully saturated rings. The number of anilines is 2. The zero-order chi connectivity index (χ0) is 19.4. The summed E-state index contributed by atoms with van der Waals surface area (Å²) in [6, 6.07) is 8.63. The summed E-state index contributed by atoms with van der Waals surface area (Å²) < 4.78 is 15.3. The highest BCUT2D eigenvalue weighted by atomic mass is 16.5. The molecule has 142 valence electrons. The van der Waals surface area contributed by atoms with Crippen molar-refractivity contribution in [3.8, 4) is 5.75 Å². The summed E-state index contributed by atoms with van der Waals surface area (Å²) in [6.07, 6.45) is -1.07. The van der Waals surface area contributed by atoms with Crippen LogP contribution in [0.4, 0.5) is 11.5 Å². The number of hydrogen-bond donors (Lipinski definition) is 1. The van der Waals surface area contributed by atoms with E-state index in [4.69, 9.17) is 14.0 Å². The quantitative estimate of drug-likeness (QED) is 0.767. The first-order chi connectivity index (χ1) is 12.9. The Morgan fingerprint density at radius 3 is 2.89 bits per heavy atom. The fraction of sp³-hybridized carbons (Fsp3) is 0.333. The van der Waals surface area contributed by atoms with Crippen molar-refractivity contribution < 1.29 is 28.4 Å². The molecule has 1 aliphatic heterocycles. The van der Waals surface area contributed by atoms with Gasteiger partial charge in [0.25, 0.3) is 11.8 Å². The zero-order valence-corrected chi connectivity index (χ0v) is 14.9. The van der Waals surface area contributed by atoms with E-state index >= 15 is 0 Å². The van der Waals surface area contributed by atoms with Gasteiger partial charge in [-0.3, -0.25) is 14.4 Å². The topological polar surface area (TPSA) is 111 Å². The van der Waals surface area contributed by atoms with Crippen molar-refractivity contribution in [1.82, 2.24) is 5.16 Å². The fourth-order valence-electron chi connectivity index (χ4n) is 2.56. The minimum Gasteiger partial charge on any atom is -0.482 e. The molecule has 2 aromatic rings. The Hall–Kier alpha value is -3.36. The van der Waals surface area contributed by atoms with Crippen LogP contribution in [0.2, 0.25) is 0 Å². The largest absolute Gasteiger partial charge is 0.482 e. The van der Waals surface area contributed by atoms with E-state index in [1.54, 1.807) is 37.3 Å². The van der Waals surface area contributed by atoms with Crippen LogP contribution in [0.3, 0.4) is 0 Å². The highest BCUT2D eigenvalue weighted by Gasteiger charge is 2.26. The second kappa shape index (κ2) is 7.90. The Kier molecular flexibility index (Phi) is 5.39. The third-order valence-corrected chi connectivity index (χ3v) is 3.90. The molecule has 0 bridgehead atoms. The molecule has 9 nitrogen and oxygen atoms in total. The Morgan fingerprint density at radius 1 is 1.37 bits per heavy atom. The molecule has 0 aliphatic carbocycles. The highest BCUT2D eigenvalue weighted by Crippen LogP contribution is 2.31. The van der Waals surface area contributed by atoms with Crippen LogP contribution in [0.1, 0.15) is 19.1 Å². The maximum atomic E-state index is 12.1. The molecule has 2 amide bonds. The Bertz CT molecular complexity index is 862. The summed E-state index contributed by atoms with van der Waals surface area (Å²) in [5.74, 6) is 0.0198. The predicted octanol–water partition coefficient (Wildman–Crippen LogP) is 1.67. The van der Waals surface area contributed by atoms with Gasteiger partial charge in [0.1, 0.15) is 11.5 Å². The molecular formula is C18H19N3O6. The van der Waals surface area contributed by atoms with Gasteiger partial charge in [-0.25, -0.2) is 0 Å². The molecule has 1 N–H and O–H groups in total. The number of rotatable bonds is 6. The number of ether oxygens (including phenoxy) is 2. The van der Waals surface area contributed by atoms with Crippen LogP contribution < -0.4 is 15.0 Å². The molecule has 1 aromatic heterocycles. The van der Waals surface area contributed by atoms with Gasteiger partial charge >= 0.3 is 5.97 Å². The van der Waals surface area contributed by atoms with Crippen molar-refractivity contribution in [2.24, 2.45) is 0 Å². The molecule has 27 heavy (non-hydrogen) atoms. The number of hydrogen-bond acceptors (Lipinski definition) is 7. The van der Waals surface area contributed by atoms with Gasteiger partial charge in [0.2, 0.25) is 0 Å². The Labute approximate surface area is 155 Å². The smallest absolute Gasteiger partial charge is 0.308 e. The van der Waals surface area contributed by atoms with Crippen molar-refractivity contribution in [3.05, 3.63) is 36.1 Å². The van der Waals surface area contributed by atoms with Gasteiger partial charge < -0.3 is 24.2 Å². The SMILES string of the molecule is Cc1cc(NC(=O)[C@@H](C)OC(=O)CCN2C(=O)COc3ccccc32)no1. The number of nitrogens with one attached hydrogen (secondary N) is 1. The molecule has 1 aromatic carbocycles. The van der Waals surface area contributed by atoms with E-state index in [0.29, 0.717) is 17.2 Å². The number of fused-ring (bicyclic) bond motifs is 1. The van der Waals surface area contributed by atoms with Crippen LogP contribution in [0.15, 0.2) is 34.9 Å². The van der Waals surface area contributed by atoms with E-state index in [9.17, 15) is 14.4 Å². The summed E-state index contributed by atoms with van der Waals surface area (Å²) in [5.41, 5.74) is 0.605. The zero-order valence-electron chi connectivity index (χ0n) is 14.9. The van der Waals surface area contributed by atoms with Crippen LogP contribution in [-0.2, 0) is 19.1 Å². The van der Waals surface area contributed by atoms with E-state index in [2.05, 4.69) is 10.5 Å². The Morgan fingerprint density at radius 2 is 2.15 bits per heavy atom. The lowest BCUT2D eigenvalue weighted by atomic mass is 10.2.